The molecule has 0 saturated heterocycles. The Morgan fingerprint density at radius 2 is 1.41 bits per heavy atom. The van der Waals surface area contributed by atoms with Crippen molar-refractivity contribution in [3.05, 3.63) is 11.1 Å². The van der Waals surface area contributed by atoms with Crippen LogP contribution < -0.4 is 0 Å². The summed E-state index contributed by atoms with van der Waals surface area (Å²) in [7, 11) is 0. The molecule has 0 aromatic carbocycles. The van der Waals surface area contributed by atoms with E-state index in [-0.39, 0.29) is 0 Å². The normalized spacial score (nSPS) is 13.1. The highest BCUT2D eigenvalue weighted by atomic mass is 35.5. The lowest BCUT2D eigenvalue weighted by atomic mass is 10.1. The number of hydrogen-bond acceptors (Lipinski definition) is 0. The molecular weight excluding hydrogens is 249 g/mol. The Morgan fingerprint density at radius 1 is 0.941 bits per heavy atom. The molecular formula is C13H22ClF3. The first-order chi connectivity index (χ1) is 7.98. The molecule has 0 aromatic rings. The Balaban J connectivity index is 3.35. The number of unbranched alkanes of at least 4 members (excludes halogenated alkanes) is 8. The van der Waals surface area contributed by atoms with Gasteiger partial charge in [-0.1, -0.05) is 69.5 Å². The van der Waals surface area contributed by atoms with Gasteiger partial charge in [0.25, 0.3) is 0 Å². The van der Waals surface area contributed by atoms with Gasteiger partial charge in [0.1, 0.15) is 5.03 Å². The van der Waals surface area contributed by atoms with E-state index in [0.717, 1.165) is 25.3 Å². The Hall–Kier alpha value is -0.180. The summed E-state index contributed by atoms with van der Waals surface area (Å²) in [6, 6.07) is 0. The summed E-state index contributed by atoms with van der Waals surface area (Å²) >= 11 is 5.09. The topological polar surface area (TPSA) is 0 Å². The van der Waals surface area contributed by atoms with Gasteiger partial charge in [0.15, 0.2) is 0 Å². The molecule has 0 atom stereocenters. The highest BCUT2D eigenvalue weighted by Crippen LogP contribution is 2.29. The number of halogens is 4. The predicted molar refractivity (Wildman–Crippen MR) is 67.2 cm³/mol. The smallest absolute Gasteiger partial charge is 0.165 e. The summed E-state index contributed by atoms with van der Waals surface area (Å²) in [5.41, 5.74) is 0. The number of alkyl halides is 3. The molecule has 0 bridgehead atoms. The van der Waals surface area contributed by atoms with E-state index < -0.39 is 11.2 Å². The summed E-state index contributed by atoms with van der Waals surface area (Å²) in [6.45, 7) is 2.18. The molecule has 0 aromatic heterocycles. The standard InChI is InChI=1S/C13H22ClF3/c1-2-3-4-5-6-7-8-9-10-11-12(14)13(15,16)17/h11H,2-10H2,1H3. The first kappa shape index (κ1) is 16.8. The number of allylic oxidation sites excluding steroid dienone is 2. The van der Waals surface area contributed by atoms with E-state index in [1.165, 1.54) is 32.1 Å². The minimum absolute atomic E-state index is 0.424. The van der Waals surface area contributed by atoms with Crippen molar-refractivity contribution in [2.24, 2.45) is 0 Å². The lowest BCUT2D eigenvalue weighted by Gasteiger charge is -2.04. The van der Waals surface area contributed by atoms with Gasteiger partial charge in [-0.05, 0) is 12.8 Å². The van der Waals surface area contributed by atoms with Crippen molar-refractivity contribution in [2.75, 3.05) is 0 Å². The van der Waals surface area contributed by atoms with Crippen LogP contribution in [0, 0.1) is 0 Å². The molecule has 0 aliphatic rings. The fourth-order valence-electron chi connectivity index (χ4n) is 1.62. The van der Waals surface area contributed by atoms with E-state index in [2.05, 4.69) is 6.92 Å². The van der Waals surface area contributed by atoms with Gasteiger partial charge in [-0.15, -0.1) is 0 Å². The molecule has 0 amide bonds. The van der Waals surface area contributed by atoms with E-state index in [1.807, 2.05) is 0 Å². The molecule has 0 saturated carbocycles. The molecule has 0 aliphatic heterocycles. The predicted octanol–water partition coefficient (Wildman–Crippen LogP) is 6.20. The second-order valence-corrected chi connectivity index (χ2v) is 4.72. The molecule has 0 heterocycles. The van der Waals surface area contributed by atoms with Crippen molar-refractivity contribution in [2.45, 2.75) is 70.9 Å². The zero-order valence-corrected chi connectivity index (χ0v) is 11.2. The van der Waals surface area contributed by atoms with Gasteiger partial charge < -0.3 is 0 Å². The maximum Gasteiger partial charge on any atom is 0.426 e. The minimum Gasteiger partial charge on any atom is -0.165 e. The van der Waals surface area contributed by atoms with E-state index in [4.69, 9.17) is 11.6 Å². The van der Waals surface area contributed by atoms with Crippen LogP contribution >= 0.6 is 11.6 Å². The number of hydrogen-bond donors (Lipinski definition) is 0. The zero-order valence-electron chi connectivity index (χ0n) is 10.5. The average Bonchev–Trinajstić information content (AvgIpc) is 2.25. The summed E-state index contributed by atoms with van der Waals surface area (Å²) in [6.07, 6.45) is 6.25. The largest absolute Gasteiger partial charge is 0.426 e. The van der Waals surface area contributed by atoms with Crippen LogP contribution in [-0.4, -0.2) is 6.18 Å². The van der Waals surface area contributed by atoms with E-state index in [9.17, 15) is 13.2 Å². The molecule has 0 spiro atoms. The van der Waals surface area contributed by atoms with Crippen molar-refractivity contribution in [3.63, 3.8) is 0 Å². The van der Waals surface area contributed by atoms with Crippen LogP contribution in [0.2, 0.25) is 0 Å². The van der Waals surface area contributed by atoms with Gasteiger partial charge in [-0.3, -0.25) is 0 Å². The summed E-state index contributed by atoms with van der Waals surface area (Å²) < 4.78 is 36.0. The molecule has 0 aliphatic carbocycles. The van der Waals surface area contributed by atoms with Crippen LogP contribution in [0.4, 0.5) is 13.2 Å². The first-order valence-corrected chi connectivity index (χ1v) is 6.79. The molecule has 0 nitrogen and oxygen atoms in total. The molecule has 0 unspecified atom stereocenters. The quantitative estimate of drug-likeness (QED) is 0.437. The van der Waals surface area contributed by atoms with Crippen molar-refractivity contribution in [1.29, 1.82) is 0 Å². The molecule has 0 rings (SSSR count). The summed E-state index contributed by atoms with van der Waals surface area (Å²) in [4.78, 5) is 0. The van der Waals surface area contributed by atoms with E-state index in [1.54, 1.807) is 0 Å². The maximum absolute atomic E-state index is 12.0. The molecule has 0 N–H and O–H groups in total. The SMILES string of the molecule is CCCCCCCCCCC=C(Cl)C(F)(F)F. The Bertz CT molecular complexity index is 209. The average molecular weight is 271 g/mol. The van der Waals surface area contributed by atoms with Crippen LogP contribution in [0.3, 0.4) is 0 Å². The third-order valence-electron chi connectivity index (χ3n) is 2.65. The fraction of sp³-hybridized carbons (Fsp3) is 0.846. The molecule has 102 valence electrons. The third-order valence-corrected chi connectivity index (χ3v) is 3.02. The van der Waals surface area contributed by atoms with Crippen LogP contribution in [-0.2, 0) is 0 Å². The Labute approximate surface area is 107 Å². The van der Waals surface area contributed by atoms with Gasteiger partial charge >= 0.3 is 6.18 Å². The van der Waals surface area contributed by atoms with Crippen LogP contribution in [0.1, 0.15) is 64.7 Å². The lowest BCUT2D eigenvalue weighted by Crippen LogP contribution is -2.06. The van der Waals surface area contributed by atoms with Crippen molar-refractivity contribution < 1.29 is 13.2 Å². The highest BCUT2D eigenvalue weighted by Gasteiger charge is 2.31. The van der Waals surface area contributed by atoms with Gasteiger partial charge in [0.2, 0.25) is 0 Å². The summed E-state index contributed by atoms with van der Waals surface area (Å²) in [5.74, 6) is 0. The fourth-order valence-corrected chi connectivity index (χ4v) is 1.73. The minimum atomic E-state index is -4.37. The number of rotatable bonds is 9. The van der Waals surface area contributed by atoms with E-state index >= 15 is 0 Å². The molecule has 0 radical (unpaired) electrons. The van der Waals surface area contributed by atoms with Crippen molar-refractivity contribution in [3.8, 4) is 0 Å². The van der Waals surface area contributed by atoms with Crippen LogP contribution in [0.25, 0.3) is 0 Å². The second-order valence-electron chi connectivity index (χ2n) is 4.31. The molecule has 0 fully saturated rings. The lowest BCUT2D eigenvalue weighted by molar-refractivity contribution is -0.0847. The first-order valence-electron chi connectivity index (χ1n) is 6.41. The summed E-state index contributed by atoms with van der Waals surface area (Å²) in [5, 5.41) is -0.986. The van der Waals surface area contributed by atoms with E-state index in [0.29, 0.717) is 6.42 Å². The van der Waals surface area contributed by atoms with Gasteiger partial charge in [-0.2, -0.15) is 13.2 Å². The van der Waals surface area contributed by atoms with Crippen molar-refractivity contribution >= 4 is 11.6 Å². The maximum atomic E-state index is 12.0. The van der Waals surface area contributed by atoms with Gasteiger partial charge in [0.05, 0.1) is 0 Å². The van der Waals surface area contributed by atoms with Gasteiger partial charge in [0, 0.05) is 0 Å². The zero-order chi connectivity index (χ0) is 13.1. The van der Waals surface area contributed by atoms with Gasteiger partial charge in [-0.25, -0.2) is 0 Å². The highest BCUT2D eigenvalue weighted by molar-refractivity contribution is 6.30. The monoisotopic (exact) mass is 270 g/mol. The Morgan fingerprint density at radius 3 is 1.88 bits per heavy atom. The molecule has 4 heteroatoms. The molecule has 17 heavy (non-hydrogen) atoms. The second kappa shape index (κ2) is 9.81. The Kier molecular flexibility index (Phi) is 9.71. The van der Waals surface area contributed by atoms with Crippen molar-refractivity contribution in [1.82, 2.24) is 0 Å². The van der Waals surface area contributed by atoms with Crippen LogP contribution in [0.15, 0.2) is 11.1 Å². The third kappa shape index (κ3) is 10.7. The van der Waals surface area contributed by atoms with Crippen LogP contribution in [0.5, 0.6) is 0 Å².